The Kier molecular flexibility index (Phi) is 4.27. The van der Waals surface area contributed by atoms with Crippen LogP contribution in [0, 0.1) is 0 Å². The average molecular weight is 341 g/mol. The highest BCUT2D eigenvalue weighted by Gasteiger charge is 2.26. The molecule has 1 aliphatic heterocycles. The van der Waals surface area contributed by atoms with E-state index in [0.29, 0.717) is 11.7 Å². The molecule has 1 fully saturated rings. The van der Waals surface area contributed by atoms with E-state index >= 15 is 0 Å². The number of aromatic nitrogens is 3. The van der Waals surface area contributed by atoms with E-state index in [1.54, 1.807) is 11.3 Å². The predicted molar refractivity (Wildman–Crippen MR) is 94.0 cm³/mol. The lowest BCUT2D eigenvalue weighted by Gasteiger charge is -2.36. The molecule has 4 rings (SSSR count). The van der Waals surface area contributed by atoms with Gasteiger partial charge in [-0.3, -0.25) is 4.90 Å². The molecule has 0 spiro atoms. The zero-order valence-electron chi connectivity index (χ0n) is 13.5. The first-order valence-electron chi connectivity index (χ1n) is 8.09. The minimum absolute atomic E-state index is 0.119. The molecule has 1 saturated heterocycles. The lowest BCUT2D eigenvalue weighted by Crippen LogP contribution is -2.47. The number of hydrogen-bond acceptors (Lipinski definition) is 7. The zero-order valence-corrected chi connectivity index (χ0v) is 14.3. The number of piperazine rings is 1. The van der Waals surface area contributed by atoms with Gasteiger partial charge >= 0.3 is 0 Å². The Hall–Kier alpha value is -2.25. The van der Waals surface area contributed by atoms with Crippen molar-refractivity contribution in [3.8, 4) is 11.4 Å². The lowest BCUT2D eigenvalue weighted by molar-refractivity contribution is 0.164. The lowest BCUT2D eigenvalue weighted by atomic mass is 10.2. The van der Waals surface area contributed by atoms with Crippen molar-refractivity contribution in [1.82, 2.24) is 20.0 Å². The molecule has 0 bridgehead atoms. The molecule has 0 unspecified atom stereocenters. The normalized spacial score (nSPS) is 17.1. The number of anilines is 1. The summed E-state index contributed by atoms with van der Waals surface area (Å²) in [5.74, 6) is 1.33. The van der Waals surface area contributed by atoms with E-state index in [1.807, 2.05) is 41.9 Å². The zero-order chi connectivity index (χ0) is 16.4. The standard InChI is InChI=1S/C17H19N5OS/c1-13(16-19-15(20-23-16)14-5-3-2-4-6-14)21-8-10-22(11-9-21)17-18-7-12-24-17/h2-7,12-13H,8-11H2,1H3/t13-/m1/s1. The molecule has 24 heavy (non-hydrogen) atoms. The third-order valence-electron chi connectivity index (χ3n) is 4.38. The summed E-state index contributed by atoms with van der Waals surface area (Å²) in [6, 6.07) is 10.0. The maximum absolute atomic E-state index is 5.51. The second-order valence-electron chi connectivity index (χ2n) is 5.84. The summed E-state index contributed by atoms with van der Waals surface area (Å²) in [5.41, 5.74) is 0.980. The van der Waals surface area contributed by atoms with Crippen molar-refractivity contribution < 1.29 is 4.52 Å². The van der Waals surface area contributed by atoms with Gasteiger partial charge in [0.05, 0.1) is 6.04 Å². The van der Waals surface area contributed by atoms with Gasteiger partial charge in [-0.25, -0.2) is 4.98 Å². The SMILES string of the molecule is C[C@H](c1nc(-c2ccccc2)no1)N1CCN(c2nccs2)CC1. The van der Waals surface area contributed by atoms with Crippen LogP contribution < -0.4 is 4.90 Å². The molecule has 7 heteroatoms. The number of rotatable bonds is 4. The Balaban J connectivity index is 1.42. The van der Waals surface area contributed by atoms with Crippen LogP contribution >= 0.6 is 11.3 Å². The summed E-state index contributed by atoms with van der Waals surface area (Å²) >= 11 is 1.69. The largest absolute Gasteiger partial charge is 0.346 e. The third kappa shape index (κ3) is 3.05. The molecule has 0 amide bonds. The molecular formula is C17H19N5OS. The Labute approximate surface area is 144 Å². The maximum atomic E-state index is 5.51. The van der Waals surface area contributed by atoms with Crippen molar-refractivity contribution >= 4 is 16.5 Å². The molecule has 1 atom stereocenters. The average Bonchev–Trinajstić information content (AvgIpc) is 3.34. The Morgan fingerprint density at radius 2 is 1.92 bits per heavy atom. The van der Waals surface area contributed by atoms with Crippen LogP contribution in [-0.2, 0) is 0 Å². The Morgan fingerprint density at radius 1 is 1.12 bits per heavy atom. The summed E-state index contributed by atoms with van der Waals surface area (Å²) in [6.07, 6.45) is 1.86. The van der Waals surface area contributed by atoms with E-state index < -0.39 is 0 Å². The summed E-state index contributed by atoms with van der Waals surface area (Å²) in [7, 11) is 0. The van der Waals surface area contributed by atoms with Gasteiger partial charge in [-0.2, -0.15) is 4.98 Å². The summed E-state index contributed by atoms with van der Waals surface area (Å²) < 4.78 is 5.51. The van der Waals surface area contributed by atoms with Gasteiger partial charge < -0.3 is 9.42 Å². The van der Waals surface area contributed by atoms with Crippen LogP contribution in [0.2, 0.25) is 0 Å². The second kappa shape index (κ2) is 6.70. The molecule has 3 heterocycles. The Morgan fingerprint density at radius 3 is 2.62 bits per heavy atom. The van der Waals surface area contributed by atoms with Crippen molar-refractivity contribution in [2.75, 3.05) is 31.1 Å². The quantitative estimate of drug-likeness (QED) is 0.727. The van der Waals surface area contributed by atoms with E-state index in [2.05, 4.69) is 31.8 Å². The van der Waals surface area contributed by atoms with Crippen molar-refractivity contribution in [2.24, 2.45) is 0 Å². The minimum Gasteiger partial charge on any atom is -0.346 e. The van der Waals surface area contributed by atoms with Gasteiger partial charge in [0.2, 0.25) is 11.7 Å². The molecule has 124 valence electrons. The Bertz CT molecular complexity index is 765. The van der Waals surface area contributed by atoms with Crippen LogP contribution in [0.4, 0.5) is 5.13 Å². The van der Waals surface area contributed by atoms with Gasteiger partial charge in [-0.15, -0.1) is 11.3 Å². The third-order valence-corrected chi connectivity index (χ3v) is 5.22. The summed E-state index contributed by atoms with van der Waals surface area (Å²) in [6.45, 7) is 5.99. The number of hydrogen-bond donors (Lipinski definition) is 0. The number of nitrogens with zero attached hydrogens (tertiary/aromatic N) is 5. The van der Waals surface area contributed by atoms with E-state index in [9.17, 15) is 0 Å². The van der Waals surface area contributed by atoms with Crippen LogP contribution in [0.25, 0.3) is 11.4 Å². The molecule has 0 saturated carbocycles. The van der Waals surface area contributed by atoms with E-state index in [1.165, 1.54) is 0 Å². The molecule has 0 N–H and O–H groups in total. The monoisotopic (exact) mass is 341 g/mol. The van der Waals surface area contributed by atoms with E-state index in [4.69, 9.17) is 4.52 Å². The molecule has 0 aliphatic carbocycles. The highest BCUT2D eigenvalue weighted by atomic mass is 32.1. The first-order chi connectivity index (χ1) is 11.8. The first-order valence-corrected chi connectivity index (χ1v) is 8.97. The summed E-state index contributed by atoms with van der Waals surface area (Å²) in [5, 5.41) is 7.25. The van der Waals surface area contributed by atoms with Gasteiger partial charge in [-0.05, 0) is 6.92 Å². The molecule has 0 radical (unpaired) electrons. The molecule has 6 nitrogen and oxygen atoms in total. The van der Waals surface area contributed by atoms with E-state index in [0.717, 1.165) is 36.9 Å². The predicted octanol–water partition coefficient (Wildman–Crippen LogP) is 3.08. The topological polar surface area (TPSA) is 58.3 Å². The molecule has 1 aliphatic rings. The smallest absolute Gasteiger partial charge is 0.244 e. The molecule has 1 aromatic carbocycles. The van der Waals surface area contributed by atoms with Crippen molar-refractivity contribution in [1.29, 1.82) is 0 Å². The molecule has 2 aromatic heterocycles. The van der Waals surface area contributed by atoms with Crippen LogP contribution in [0.5, 0.6) is 0 Å². The fourth-order valence-corrected chi connectivity index (χ4v) is 3.63. The van der Waals surface area contributed by atoms with Crippen molar-refractivity contribution in [3.63, 3.8) is 0 Å². The van der Waals surface area contributed by atoms with Crippen LogP contribution in [0.1, 0.15) is 18.9 Å². The van der Waals surface area contributed by atoms with Crippen molar-refractivity contribution in [3.05, 3.63) is 47.8 Å². The highest BCUT2D eigenvalue weighted by Crippen LogP contribution is 2.25. The fourth-order valence-electron chi connectivity index (χ4n) is 2.94. The van der Waals surface area contributed by atoms with Gasteiger partial charge in [-0.1, -0.05) is 35.5 Å². The van der Waals surface area contributed by atoms with Crippen LogP contribution in [-0.4, -0.2) is 46.2 Å². The highest BCUT2D eigenvalue weighted by molar-refractivity contribution is 7.13. The molecule has 3 aromatic rings. The van der Waals surface area contributed by atoms with E-state index in [-0.39, 0.29) is 6.04 Å². The fraction of sp³-hybridized carbons (Fsp3) is 0.353. The number of benzene rings is 1. The van der Waals surface area contributed by atoms with Gasteiger partial charge in [0.25, 0.3) is 0 Å². The van der Waals surface area contributed by atoms with Crippen LogP contribution in [0.3, 0.4) is 0 Å². The van der Waals surface area contributed by atoms with Gasteiger partial charge in [0.15, 0.2) is 5.13 Å². The maximum Gasteiger partial charge on any atom is 0.244 e. The van der Waals surface area contributed by atoms with Crippen molar-refractivity contribution in [2.45, 2.75) is 13.0 Å². The van der Waals surface area contributed by atoms with Gasteiger partial charge in [0, 0.05) is 43.3 Å². The second-order valence-corrected chi connectivity index (χ2v) is 6.71. The van der Waals surface area contributed by atoms with Gasteiger partial charge in [0.1, 0.15) is 0 Å². The minimum atomic E-state index is 0.119. The molecular weight excluding hydrogens is 322 g/mol. The van der Waals surface area contributed by atoms with Crippen LogP contribution in [0.15, 0.2) is 46.4 Å². The first kappa shape index (κ1) is 15.3. The summed E-state index contributed by atoms with van der Waals surface area (Å²) in [4.78, 5) is 13.7. The number of thiazole rings is 1.